The lowest BCUT2D eigenvalue weighted by Crippen LogP contribution is -2.36. The van der Waals surface area contributed by atoms with Gasteiger partial charge in [0.1, 0.15) is 10.7 Å². The average molecular weight is 297 g/mol. The van der Waals surface area contributed by atoms with E-state index >= 15 is 0 Å². The van der Waals surface area contributed by atoms with E-state index in [2.05, 4.69) is 34.4 Å². The van der Waals surface area contributed by atoms with Crippen LogP contribution in [0.5, 0.6) is 0 Å². The Morgan fingerprint density at radius 1 is 1.55 bits per heavy atom. The maximum absolute atomic E-state index is 12.1. The molecule has 0 saturated heterocycles. The first-order valence-corrected chi connectivity index (χ1v) is 7.80. The van der Waals surface area contributed by atoms with E-state index in [1.165, 1.54) is 24.2 Å². The minimum Gasteiger partial charge on any atom is -0.382 e. The molecule has 112 valence electrons. The summed E-state index contributed by atoms with van der Waals surface area (Å²) in [5, 5.41) is 6.90. The summed E-state index contributed by atoms with van der Waals surface area (Å²) >= 11 is 1.33. The Morgan fingerprint density at radius 2 is 2.25 bits per heavy atom. The zero-order valence-corrected chi connectivity index (χ0v) is 13.1. The van der Waals surface area contributed by atoms with Crippen LogP contribution in [-0.4, -0.2) is 48.0 Å². The number of nitrogens with zero attached hydrogens (tertiary/aromatic N) is 2. The van der Waals surface area contributed by atoms with Gasteiger partial charge in [-0.15, -0.1) is 0 Å². The Bertz CT molecular complexity index is 469. The molecule has 6 nitrogen and oxygen atoms in total. The molecule has 4 N–H and O–H groups in total. The third-order valence-electron chi connectivity index (χ3n) is 3.40. The predicted octanol–water partition coefficient (Wildman–Crippen LogP) is 1.37. The van der Waals surface area contributed by atoms with E-state index < -0.39 is 0 Å². The Morgan fingerprint density at radius 3 is 2.85 bits per heavy atom. The zero-order valence-electron chi connectivity index (χ0n) is 12.3. The molecule has 1 fully saturated rings. The second-order valence-corrected chi connectivity index (χ2v) is 6.48. The van der Waals surface area contributed by atoms with Gasteiger partial charge in [0.05, 0.1) is 0 Å². The number of hydrogen-bond donors (Lipinski definition) is 3. The highest BCUT2D eigenvalue weighted by molar-refractivity contribution is 7.18. The number of hydrogen-bond acceptors (Lipinski definition) is 6. The summed E-state index contributed by atoms with van der Waals surface area (Å²) in [6, 6.07) is 0.978. The molecule has 7 heteroatoms. The minimum atomic E-state index is -0.138. The van der Waals surface area contributed by atoms with Crippen LogP contribution < -0.4 is 16.4 Å². The maximum atomic E-state index is 12.1. The summed E-state index contributed by atoms with van der Waals surface area (Å²) in [7, 11) is 2.04. The van der Waals surface area contributed by atoms with Crippen molar-refractivity contribution in [2.45, 2.75) is 38.8 Å². The van der Waals surface area contributed by atoms with Crippen molar-refractivity contribution in [3.8, 4) is 0 Å². The number of anilines is 2. The monoisotopic (exact) mass is 297 g/mol. The number of nitrogens with one attached hydrogen (secondary N) is 2. The number of carbonyl (C=O) groups is 1. The van der Waals surface area contributed by atoms with Crippen LogP contribution in [0.3, 0.4) is 0 Å². The first-order chi connectivity index (χ1) is 9.47. The molecule has 0 aromatic carbocycles. The molecule has 1 heterocycles. The van der Waals surface area contributed by atoms with Gasteiger partial charge >= 0.3 is 0 Å². The number of aromatic nitrogens is 1. The van der Waals surface area contributed by atoms with Crippen LogP contribution in [0.1, 0.15) is 36.4 Å². The van der Waals surface area contributed by atoms with Crippen LogP contribution in [0, 0.1) is 0 Å². The molecule has 1 saturated carbocycles. The molecule has 0 atom stereocenters. The summed E-state index contributed by atoms with van der Waals surface area (Å²) in [5.41, 5.74) is 5.81. The van der Waals surface area contributed by atoms with Gasteiger partial charge in [0, 0.05) is 25.2 Å². The van der Waals surface area contributed by atoms with Gasteiger partial charge in [-0.25, -0.2) is 4.98 Å². The van der Waals surface area contributed by atoms with E-state index in [1.807, 2.05) is 7.05 Å². The molecule has 0 unspecified atom stereocenters. The number of amides is 1. The standard InChI is InChI=1S/C13H23N5OS/c1-8(2)18(3)7-6-15-12(19)10-11(14)17-13(20-10)16-9-4-5-9/h8-9H,4-7,14H2,1-3H3,(H,15,19)(H,16,17). The molecular formula is C13H23N5OS. The molecule has 2 rings (SSSR count). The topological polar surface area (TPSA) is 83.3 Å². The van der Waals surface area contributed by atoms with Crippen LogP contribution >= 0.6 is 11.3 Å². The lowest BCUT2D eigenvalue weighted by atomic mass is 10.3. The van der Waals surface area contributed by atoms with Crippen molar-refractivity contribution in [3.63, 3.8) is 0 Å². The molecule has 0 radical (unpaired) electrons. The highest BCUT2D eigenvalue weighted by atomic mass is 32.1. The molecular weight excluding hydrogens is 274 g/mol. The molecule has 20 heavy (non-hydrogen) atoms. The Kier molecular flexibility index (Phi) is 4.82. The van der Waals surface area contributed by atoms with Gasteiger partial charge in [0.15, 0.2) is 5.13 Å². The molecule has 1 aromatic rings. The van der Waals surface area contributed by atoms with Gasteiger partial charge in [-0.3, -0.25) is 4.79 Å². The molecule has 1 aliphatic carbocycles. The van der Waals surface area contributed by atoms with Crippen molar-refractivity contribution in [1.82, 2.24) is 15.2 Å². The van der Waals surface area contributed by atoms with Gasteiger partial charge in [-0.2, -0.15) is 0 Å². The smallest absolute Gasteiger partial charge is 0.265 e. The van der Waals surface area contributed by atoms with E-state index in [1.54, 1.807) is 0 Å². The Balaban J connectivity index is 1.83. The fraction of sp³-hybridized carbons (Fsp3) is 0.692. The molecule has 1 aromatic heterocycles. The van der Waals surface area contributed by atoms with Crippen LogP contribution in [0.15, 0.2) is 0 Å². The van der Waals surface area contributed by atoms with E-state index in [0.29, 0.717) is 29.3 Å². The lowest BCUT2D eigenvalue weighted by Gasteiger charge is -2.20. The lowest BCUT2D eigenvalue weighted by molar-refractivity contribution is 0.0953. The summed E-state index contributed by atoms with van der Waals surface area (Å²) in [6.07, 6.45) is 2.34. The predicted molar refractivity (Wildman–Crippen MR) is 83.3 cm³/mol. The van der Waals surface area contributed by atoms with Gasteiger partial charge < -0.3 is 21.3 Å². The fourth-order valence-electron chi connectivity index (χ4n) is 1.64. The normalized spacial score (nSPS) is 14.8. The van der Waals surface area contributed by atoms with Crippen LogP contribution in [0.2, 0.25) is 0 Å². The van der Waals surface area contributed by atoms with E-state index in [-0.39, 0.29) is 5.91 Å². The number of nitrogens with two attached hydrogens (primary N) is 1. The van der Waals surface area contributed by atoms with Crippen molar-refractivity contribution in [3.05, 3.63) is 4.88 Å². The maximum Gasteiger partial charge on any atom is 0.265 e. The number of carbonyl (C=O) groups excluding carboxylic acids is 1. The van der Waals surface area contributed by atoms with Gasteiger partial charge in [-0.05, 0) is 33.7 Å². The number of likely N-dealkylation sites (N-methyl/N-ethyl adjacent to an activating group) is 1. The first-order valence-electron chi connectivity index (χ1n) is 6.98. The number of nitrogen functional groups attached to an aromatic ring is 1. The molecule has 1 amide bonds. The fourth-order valence-corrected chi connectivity index (χ4v) is 2.52. The molecule has 1 aliphatic rings. The quantitative estimate of drug-likeness (QED) is 0.708. The van der Waals surface area contributed by atoms with Gasteiger partial charge in [0.2, 0.25) is 0 Å². The van der Waals surface area contributed by atoms with Crippen LogP contribution in [-0.2, 0) is 0 Å². The van der Waals surface area contributed by atoms with Gasteiger partial charge in [0.25, 0.3) is 5.91 Å². The highest BCUT2D eigenvalue weighted by Crippen LogP contribution is 2.30. The second kappa shape index (κ2) is 6.41. The van der Waals surface area contributed by atoms with Crippen molar-refractivity contribution in [2.75, 3.05) is 31.2 Å². The first kappa shape index (κ1) is 15.1. The Labute approximate surface area is 123 Å². The van der Waals surface area contributed by atoms with E-state index in [0.717, 1.165) is 11.7 Å². The van der Waals surface area contributed by atoms with Gasteiger partial charge in [-0.1, -0.05) is 11.3 Å². The summed E-state index contributed by atoms with van der Waals surface area (Å²) in [6.45, 7) is 5.67. The number of rotatable bonds is 7. The molecule has 0 spiro atoms. The summed E-state index contributed by atoms with van der Waals surface area (Å²) in [5.74, 6) is 0.175. The third-order valence-corrected chi connectivity index (χ3v) is 4.40. The second-order valence-electron chi connectivity index (χ2n) is 5.48. The summed E-state index contributed by atoms with van der Waals surface area (Å²) in [4.78, 5) is 18.9. The van der Waals surface area contributed by atoms with Crippen molar-refractivity contribution >= 4 is 28.2 Å². The average Bonchev–Trinajstić information content (AvgIpc) is 3.11. The van der Waals surface area contributed by atoms with Crippen molar-refractivity contribution < 1.29 is 4.79 Å². The zero-order chi connectivity index (χ0) is 14.7. The molecule has 0 bridgehead atoms. The van der Waals surface area contributed by atoms with E-state index in [4.69, 9.17) is 5.73 Å². The largest absolute Gasteiger partial charge is 0.382 e. The Hall–Kier alpha value is -1.34. The van der Waals surface area contributed by atoms with Crippen molar-refractivity contribution in [1.29, 1.82) is 0 Å². The third kappa shape index (κ3) is 4.08. The van der Waals surface area contributed by atoms with E-state index in [9.17, 15) is 4.79 Å². The van der Waals surface area contributed by atoms with Crippen molar-refractivity contribution in [2.24, 2.45) is 0 Å². The number of thiazole rings is 1. The van der Waals surface area contributed by atoms with Crippen LogP contribution in [0.25, 0.3) is 0 Å². The summed E-state index contributed by atoms with van der Waals surface area (Å²) < 4.78 is 0. The SMILES string of the molecule is CC(C)N(C)CCNC(=O)c1sc(NC2CC2)nc1N. The van der Waals surface area contributed by atoms with Crippen LogP contribution in [0.4, 0.5) is 10.9 Å². The molecule has 0 aliphatic heterocycles. The minimum absolute atomic E-state index is 0.138. The highest BCUT2D eigenvalue weighted by Gasteiger charge is 2.24.